The average molecular weight is 1880 g/mol. The van der Waals surface area contributed by atoms with Gasteiger partial charge in [0.1, 0.15) is 29.4 Å². The summed E-state index contributed by atoms with van der Waals surface area (Å²) in [6.07, 6.45) is 30.4. The maximum absolute atomic E-state index is 5.30. The molecule has 3 aliphatic heterocycles. The molecule has 12 aromatic rings. The van der Waals surface area contributed by atoms with Gasteiger partial charge in [0.2, 0.25) is 6.39 Å². The summed E-state index contributed by atoms with van der Waals surface area (Å²) >= 11 is 1.35. The summed E-state index contributed by atoms with van der Waals surface area (Å²) in [4.78, 5) is 30.5. The maximum Gasteiger partial charge on any atom is 0.213 e. The maximum atomic E-state index is 5.30. The van der Waals surface area contributed by atoms with Crippen molar-refractivity contribution >= 4 is 52.5 Å². The Morgan fingerprint density at radius 1 is 0.294 bits per heavy atom. The molecule has 13 nitrogen and oxygen atoms in total. The number of aromatic nitrogens is 8. The molecule has 0 saturated heterocycles. The zero-order valence-corrected chi connectivity index (χ0v) is 94.7. The van der Waals surface area contributed by atoms with Gasteiger partial charge in [0.05, 0.1) is 18.0 Å². The van der Waals surface area contributed by atoms with Crippen LogP contribution in [0.4, 0.5) is 11.4 Å². The quantitative estimate of drug-likeness (QED) is 0.142. The molecule has 0 bridgehead atoms. The number of rotatable bonds is 0. The standard InChI is InChI=1S/C10H14.C9H10.C9H8.2C8H7N.C8H8O.C7H5NO.C5H5N.10C5H12.C4H4N2.C2H2N2O.C2H2N2S/c1-10(2,3)9-7-5-4-6-8-9;2*1-2-5-9-7-3-6-8(9)4-1;3*1-2-4-8-7(3-1)5-6-9-8;1-2-4-7-6(3-1)8-5-9-7;1-2-4-6-5-3-1;10*1-5(2,3)4;1-2-5-4-6-3-1;2*1-3-2-5-4-1/h4-8H,1-3H3;1-2,4-5H,3,6-7H2;1-6H,7H2;2*1-4,6H,5H2;1-4H,5-6H2;1-5H;1-5H;10*1-4H3;1-4H;2*1-2H. The molecule has 8 heterocycles. The lowest BCUT2D eigenvalue weighted by Gasteiger charge is -2.18. The molecule has 0 amide bonds. The van der Waals surface area contributed by atoms with Crippen molar-refractivity contribution in [2.45, 2.75) is 348 Å². The van der Waals surface area contributed by atoms with E-state index >= 15 is 0 Å². The molecule has 0 N–H and O–H groups in total. The zero-order valence-electron chi connectivity index (χ0n) is 93.9. The van der Waals surface area contributed by atoms with E-state index < -0.39 is 0 Å². The van der Waals surface area contributed by atoms with E-state index in [1.165, 1.54) is 95.9 Å². The first-order valence-corrected chi connectivity index (χ1v) is 49.2. The summed E-state index contributed by atoms with van der Waals surface area (Å²) in [5.41, 5.74) is 22.4. The van der Waals surface area contributed by atoms with Gasteiger partial charge in [-0.05, 0) is 190 Å². The summed E-state index contributed by atoms with van der Waals surface area (Å²) < 4.78 is 18.2. The van der Waals surface area contributed by atoms with Crippen LogP contribution in [0.5, 0.6) is 5.75 Å². The molecular formula is C122H192N10O3S. The highest BCUT2D eigenvalue weighted by molar-refractivity contribution is 7.03. The zero-order chi connectivity index (χ0) is 105. The molecule has 0 saturated carbocycles. The molecule has 0 fully saturated rings. The molecule has 0 unspecified atom stereocenters. The van der Waals surface area contributed by atoms with Crippen molar-refractivity contribution in [3.05, 3.63) is 313 Å². The van der Waals surface area contributed by atoms with Gasteiger partial charge < -0.3 is 13.7 Å². The number of benzene rings is 7. The van der Waals surface area contributed by atoms with Crippen LogP contribution in [-0.4, -0.2) is 58.5 Å². The third-order valence-corrected chi connectivity index (χ3v) is 13.3. The molecule has 754 valence electrons. The van der Waals surface area contributed by atoms with Gasteiger partial charge in [-0.1, -0.05) is 467 Å². The number of hydrogen-bond donors (Lipinski definition) is 0. The molecule has 5 aromatic heterocycles. The first-order chi connectivity index (χ1) is 62.4. The number of pyridine rings is 1. The number of oxazole rings is 1. The first kappa shape index (κ1) is 132. The lowest BCUT2D eigenvalue weighted by molar-refractivity contribution is 0.357. The van der Waals surface area contributed by atoms with Crippen LogP contribution in [0.15, 0.2) is 287 Å². The monoisotopic (exact) mass is 1880 g/mol. The van der Waals surface area contributed by atoms with Crippen LogP contribution in [0, 0.1) is 54.1 Å². The summed E-state index contributed by atoms with van der Waals surface area (Å²) in [5, 5.41) is 3.24. The number of hydrogen-bond acceptors (Lipinski definition) is 14. The Hall–Kier alpha value is -10.2. The highest BCUT2D eigenvalue weighted by atomic mass is 32.1. The molecule has 14 heteroatoms. The first-order valence-electron chi connectivity index (χ1n) is 48.4. The van der Waals surface area contributed by atoms with Crippen LogP contribution in [0.1, 0.15) is 349 Å². The van der Waals surface area contributed by atoms with E-state index in [2.05, 4.69) is 461 Å². The second-order valence-electron chi connectivity index (χ2n) is 49.9. The number of para-hydroxylation sites is 5. The molecule has 7 aromatic carbocycles. The van der Waals surface area contributed by atoms with E-state index in [1.54, 1.807) is 47.5 Å². The Morgan fingerprint density at radius 2 is 0.662 bits per heavy atom. The summed E-state index contributed by atoms with van der Waals surface area (Å²) in [5.74, 6) is 1.07. The van der Waals surface area contributed by atoms with Crippen molar-refractivity contribution in [1.82, 2.24) is 39.4 Å². The number of nitrogens with zero attached hydrogens (tertiary/aromatic N) is 10. The number of allylic oxidation sites excluding steroid dienone is 1. The molecular weight excluding hydrogens is 1690 g/mol. The van der Waals surface area contributed by atoms with E-state index in [0.717, 1.165) is 60.5 Å². The van der Waals surface area contributed by atoms with E-state index in [4.69, 9.17) is 9.15 Å². The van der Waals surface area contributed by atoms with Crippen LogP contribution in [-0.2, 0) is 43.9 Å². The molecule has 0 atom stereocenters. The Labute approximate surface area is 837 Å². The smallest absolute Gasteiger partial charge is 0.213 e. The van der Waals surface area contributed by atoms with Gasteiger partial charge in [-0.3, -0.25) is 15.0 Å². The highest BCUT2D eigenvalue weighted by Crippen LogP contribution is 2.27. The minimum Gasteiger partial charge on any atom is -0.493 e. The molecule has 0 radical (unpaired) electrons. The van der Waals surface area contributed by atoms with Crippen LogP contribution in [0.25, 0.3) is 17.2 Å². The van der Waals surface area contributed by atoms with Crippen LogP contribution in [0.3, 0.4) is 0 Å². The van der Waals surface area contributed by atoms with Crippen molar-refractivity contribution in [2.75, 3.05) is 6.61 Å². The summed E-state index contributed by atoms with van der Waals surface area (Å²) in [7, 11) is 0. The third kappa shape index (κ3) is 114. The lowest BCUT2D eigenvalue weighted by Crippen LogP contribution is -2.10. The number of fused-ring (bicyclic) bond motifs is 6. The molecule has 5 aliphatic rings. The molecule has 2 aliphatic carbocycles. The lowest BCUT2D eigenvalue weighted by atomic mass is 9.87. The van der Waals surface area contributed by atoms with Gasteiger partial charge in [0, 0.05) is 56.5 Å². The van der Waals surface area contributed by atoms with E-state index in [0.29, 0.717) is 59.6 Å². The second-order valence-corrected chi connectivity index (χ2v) is 50.6. The van der Waals surface area contributed by atoms with E-state index in [1.807, 2.05) is 109 Å². The largest absolute Gasteiger partial charge is 0.493 e. The van der Waals surface area contributed by atoms with Crippen molar-refractivity contribution in [1.29, 1.82) is 0 Å². The average Bonchev–Trinajstić information content (AvgIpc) is 1.47. The van der Waals surface area contributed by atoms with Gasteiger partial charge in [0.25, 0.3) is 0 Å². The Bertz CT molecular complexity index is 4140. The fraction of sp³-hybridized carbons (Fsp3) is 0.508. The predicted molar refractivity (Wildman–Crippen MR) is 601 cm³/mol. The predicted octanol–water partition coefficient (Wildman–Crippen LogP) is 37.4. The van der Waals surface area contributed by atoms with Crippen molar-refractivity contribution in [3.8, 4) is 5.75 Å². The summed E-state index contributed by atoms with van der Waals surface area (Å²) in [6.45, 7) is 95.0. The van der Waals surface area contributed by atoms with Crippen molar-refractivity contribution in [3.63, 3.8) is 0 Å². The van der Waals surface area contributed by atoms with Crippen molar-refractivity contribution < 1.29 is 13.7 Å². The molecule has 136 heavy (non-hydrogen) atoms. The van der Waals surface area contributed by atoms with Crippen LogP contribution in [0.2, 0.25) is 0 Å². The SMILES string of the molecule is C1=Cc2ccccc2C1.C1=Nc2ccccc2C1.C1=Nc2ccccc2C1.CC(C)(C)C.CC(C)(C)C.CC(C)(C)C.CC(C)(C)C.CC(C)(C)C.CC(C)(C)C.CC(C)(C)C.CC(C)(C)C.CC(C)(C)C.CC(C)(C)C.CC(C)(C)c1ccccc1.c1ccc2c(c1)CCC2.c1ccc2c(c1)CCO2.c1ccc2ocnc2c1.c1ccncc1.c1cncnc1.c1ncon1.c1ncsn1. The number of ether oxygens (including phenoxy) is 1. The number of aliphatic imine (C=N–C) groups is 2. The van der Waals surface area contributed by atoms with Crippen LogP contribution < -0.4 is 4.74 Å². The van der Waals surface area contributed by atoms with Crippen LogP contribution >= 0.6 is 11.5 Å². The van der Waals surface area contributed by atoms with E-state index in [9.17, 15) is 0 Å². The fourth-order valence-electron chi connectivity index (χ4n) is 8.52. The van der Waals surface area contributed by atoms with Gasteiger partial charge in [-0.2, -0.15) is 4.37 Å². The molecule has 17 rings (SSSR count). The topological polar surface area (TPSA) is 163 Å². The van der Waals surface area contributed by atoms with Gasteiger partial charge in [-0.25, -0.2) is 24.9 Å². The highest BCUT2D eigenvalue weighted by Gasteiger charge is 2.13. The second kappa shape index (κ2) is 71.3. The fourth-order valence-corrected chi connectivity index (χ4v) is 8.79. The van der Waals surface area contributed by atoms with Gasteiger partial charge in [-0.15, -0.1) is 0 Å². The van der Waals surface area contributed by atoms with E-state index in [-0.39, 0.29) is 0 Å². The minimum atomic E-state index is 0.293. The summed E-state index contributed by atoms with van der Waals surface area (Å²) in [6, 6.07) is 67.6. The Morgan fingerprint density at radius 3 is 0.963 bits per heavy atom. The van der Waals surface area contributed by atoms with Crippen molar-refractivity contribution in [2.24, 2.45) is 64.1 Å². The Balaban J connectivity index is -0.000000677. The minimum absolute atomic E-state index is 0.293. The normalized spacial score (nSPS) is 12.0. The Kier molecular flexibility index (Phi) is 69.3. The van der Waals surface area contributed by atoms with Gasteiger partial charge >= 0.3 is 0 Å². The van der Waals surface area contributed by atoms with Gasteiger partial charge in [0.15, 0.2) is 18.3 Å². The number of aryl methyl sites for hydroxylation is 2. The molecule has 0 spiro atoms. The third-order valence-electron chi connectivity index (χ3n) is 12.9.